The molecule has 1 heterocycles. The van der Waals surface area contributed by atoms with Crippen LogP contribution < -0.4 is 4.74 Å². The molecule has 1 aliphatic rings. The van der Waals surface area contributed by atoms with Gasteiger partial charge < -0.3 is 14.7 Å². The summed E-state index contributed by atoms with van der Waals surface area (Å²) >= 11 is 3.37. The number of likely N-dealkylation sites (tertiary alicyclic amines) is 1. The lowest BCUT2D eigenvalue weighted by Gasteiger charge is -2.31. The van der Waals surface area contributed by atoms with Crippen molar-refractivity contribution in [2.24, 2.45) is 0 Å². The summed E-state index contributed by atoms with van der Waals surface area (Å²) < 4.78 is 6.61. The van der Waals surface area contributed by atoms with Crippen LogP contribution in [0, 0.1) is 0 Å². The first kappa shape index (κ1) is 17.8. The lowest BCUT2D eigenvalue weighted by molar-refractivity contribution is -0.155. The second-order valence-corrected chi connectivity index (χ2v) is 6.90. The number of amides is 1. The molecule has 0 spiro atoms. The van der Waals surface area contributed by atoms with Crippen molar-refractivity contribution in [2.75, 3.05) is 13.2 Å². The van der Waals surface area contributed by atoms with E-state index in [0.717, 1.165) is 23.1 Å². The molecule has 0 saturated carbocycles. The van der Waals surface area contributed by atoms with E-state index in [0.29, 0.717) is 32.4 Å². The number of hydrogen-bond acceptors (Lipinski definition) is 3. The molecule has 1 aliphatic heterocycles. The second kappa shape index (κ2) is 7.81. The summed E-state index contributed by atoms with van der Waals surface area (Å²) in [6.45, 7) is 2.72. The summed E-state index contributed by atoms with van der Waals surface area (Å²) in [6.07, 6.45) is 3.11. The Balaban J connectivity index is 1.70. The number of halogens is 1. The smallest absolute Gasteiger partial charge is 0.329 e. The quantitative estimate of drug-likeness (QED) is 0.732. The van der Waals surface area contributed by atoms with Crippen LogP contribution in [-0.2, 0) is 9.59 Å². The maximum Gasteiger partial charge on any atom is 0.329 e. The fraction of sp³-hybridized carbons (Fsp3) is 0.529. The molecule has 5 nitrogen and oxygen atoms in total. The van der Waals surface area contributed by atoms with Gasteiger partial charge in [0, 0.05) is 17.4 Å². The highest BCUT2D eigenvalue weighted by atomic mass is 79.9. The van der Waals surface area contributed by atoms with Gasteiger partial charge >= 0.3 is 5.97 Å². The molecule has 1 aromatic carbocycles. The summed E-state index contributed by atoms with van der Waals surface area (Å²) in [6, 6.07) is 7.60. The van der Waals surface area contributed by atoms with Crippen LogP contribution in [0.15, 0.2) is 28.7 Å². The number of unbranched alkanes of at least 4 members (excludes halogenated alkanes) is 1. The molecule has 0 radical (unpaired) electrons. The van der Waals surface area contributed by atoms with Gasteiger partial charge in [-0.15, -0.1) is 0 Å². The van der Waals surface area contributed by atoms with E-state index in [9.17, 15) is 14.7 Å². The van der Waals surface area contributed by atoms with Crippen molar-refractivity contribution in [3.8, 4) is 5.75 Å². The van der Waals surface area contributed by atoms with Gasteiger partial charge in [-0.1, -0.05) is 15.9 Å². The zero-order valence-electron chi connectivity index (χ0n) is 13.3. The molecule has 126 valence electrons. The first-order valence-corrected chi connectivity index (χ1v) is 8.65. The predicted octanol–water partition coefficient (Wildman–Crippen LogP) is 3.46. The van der Waals surface area contributed by atoms with Crippen LogP contribution >= 0.6 is 15.9 Å². The second-order valence-electron chi connectivity index (χ2n) is 5.99. The molecule has 0 bridgehead atoms. The maximum atomic E-state index is 12.3. The molecule has 1 unspecified atom stereocenters. The van der Waals surface area contributed by atoms with Gasteiger partial charge in [-0.05, 0) is 56.9 Å². The molecule has 1 amide bonds. The highest BCUT2D eigenvalue weighted by Crippen LogP contribution is 2.30. The van der Waals surface area contributed by atoms with Crippen molar-refractivity contribution in [3.05, 3.63) is 28.7 Å². The van der Waals surface area contributed by atoms with E-state index in [1.165, 1.54) is 4.90 Å². The van der Waals surface area contributed by atoms with E-state index in [1.807, 2.05) is 24.3 Å². The average molecular weight is 384 g/mol. The Morgan fingerprint density at radius 2 is 2.00 bits per heavy atom. The number of rotatable bonds is 7. The van der Waals surface area contributed by atoms with Gasteiger partial charge in [0.05, 0.1) is 6.61 Å². The highest BCUT2D eigenvalue weighted by Gasteiger charge is 2.45. The number of ether oxygens (including phenoxy) is 1. The Labute approximate surface area is 144 Å². The van der Waals surface area contributed by atoms with Gasteiger partial charge in [-0.2, -0.15) is 0 Å². The van der Waals surface area contributed by atoms with Gasteiger partial charge in [0.1, 0.15) is 11.3 Å². The first-order chi connectivity index (χ1) is 10.9. The summed E-state index contributed by atoms with van der Waals surface area (Å²) in [5, 5.41) is 9.33. The van der Waals surface area contributed by atoms with Crippen molar-refractivity contribution in [1.82, 2.24) is 4.90 Å². The van der Waals surface area contributed by atoms with Crippen molar-refractivity contribution < 1.29 is 19.4 Å². The number of carboxylic acids is 1. The van der Waals surface area contributed by atoms with E-state index in [2.05, 4.69) is 15.9 Å². The van der Waals surface area contributed by atoms with Gasteiger partial charge in [0.2, 0.25) is 5.91 Å². The summed E-state index contributed by atoms with van der Waals surface area (Å²) in [4.78, 5) is 25.1. The molecule has 6 heteroatoms. The Kier molecular flexibility index (Phi) is 6.04. The molecule has 1 saturated heterocycles. The number of nitrogens with zero attached hydrogens (tertiary/aromatic N) is 1. The van der Waals surface area contributed by atoms with Gasteiger partial charge in [0.15, 0.2) is 0 Å². The third-order valence-electron chi connectivity index (χ3n) is 4.27. The lowest BCUT2D eigenvalue weighted by Crippen LogP contribution is -2.50. The van der Waals surface area contributed by atoms with E-state index in [1.54, 1.807) is 6.92 Å². The van der Waals surface area contributed by atoms with Crippen LogP contribution in [0.2, 0.25) is 0 Å². The Bertz CT molecular complexity index is 560. The zero-order chi connectivity index (χ0) is 16.9. The Morgan fingerprint density at radius 3 is 2.65 bits per heavy atom. The van der Waals surface area contributed by atoms with Crippen LogP contribution in [-0.4, -0.2) is 40.6 Å². The lowest BCUT2D eigenvalue weighted by atomic mass is 9.99. The van der Waals surface area contributed by atoms with E-state index in [-0.39, 0.29) is 5.91 Å². The van der Waals surface area contributed by atoms with Gasteiger partial charge in [-0.25, -0.2) is 4.79 Å². The van der Waals surface area contributed by atoms with Crippen molar-refractivity contribution >= 4 is 27.8 Å². The number of hydrogen-bond donors (Lipinski definition) is 1. The molecule has 1 N–H and O–H groups in total. The van der Waals surface area contributed by atoms with Gasteiger partial charge in [-0.3, -0.25) is 4.79 Å². The fourth-order valence-corrected chi connectivity index (χ4v) is 3.08. The standard InChI is InChI=1S/C17H22BrNO4/c1-17(16(21)22)10-4-11-19(17)15(20)5-2-3-12-23-14-8-6-13(18)7-9-14/h6-9H,2-5,10-12H2,1H3,(H,21,22). The van der Waals surface area contributed by atoms with E-state index in [4.69, 9.17) is 4.74 Å². The summed E-state index contributed by atoms with van der Waals surface area (Å²) in [5.74, 6) is -0.185. The fourth-order valence-electron chi connectivity index (χ4n) is 2.82. The van der Waals surface area contributed by atoms with Gasteiger partial charge in [0.25, 0.3) is 0 Å². The zero-order valence-corrected chi connectivity index (χ0v) is 14.8. The third kappa shape index (κ3) is 4.47. The largest absolute Gasteiger partial charge is 0.494 e. The third-order valence-corrected chi connectivity index (χ3v) is 4.80. The minimum absolute atomic E-state index is 0.0731. The van der Waals surface area contributed by atoms with E-state index >= 15 is 0 Å². The summed E-state index contributed by atoms with van der Waals surface area (Å²) in [7, 11) is 0. The average Bonchev–Trinajstić information content (AvgIpc) is 2.92. The van der Waals surface area contributed by atoms with E-state index < -0.39 is 11.5 Å². The molecule has 0 aromatic heterocycles. The number of carbonyl (C=O) groups is 2. The van der Waals surface area contributed by atoms with Crippen molar-refractivity contribution in [1.29, 1.82) is 0 Å². The topological polar surface area (TPSA) is 66.8 Å². The molecular weight excluding hydrogens is 362 g/mol. The van der Waals surface area contributed by atoms with Crippen LogP contribution in [0.5, 0.6) is 5.75 Å². The van der Waals surface area contributed by atoms with Crippen LogP contribution in [0.1, 0.15) is 39.0 Å². The summed E-state index contributed by atoms with van der Waals surface area (Å²) in [5.41, 5.74) is -1.04. The Hall–Kier alpha value is -1.56. The Morgan fingerprint density at radius 1 is 1.30 bits per heavy atom. The minimum atomic E-state index is -1.04. The molecule has 23 heavy (non-hydrogen) atoms. The van der Waals surface area contributed by atoms with Crippen molar-refractivity contribution in [2.45, 2.75) is 44.6 Å². The molecule has 2 rings (SSSR count). The SMILES string of the molecule is CC1(C(=O)O)CCCN1C(=O)CCCCOc1ccc(Br)cc1. The number of carbonyl (C=O) groups excluding carboxylic acids is 1. The normalized spacial score (nSPS) is 20.5. The maximum absolute atomic E-state index is 12.3. The predicted molar refractivity (Wildman–Crippen MR) is 90.5 cm³/mol. The van der Waals surface area contributed by atoms with Crippen LogP contribution in [0.4, 0.5) is 0 Å². The minimum Gasteiger partial charge on any atom is -0.494 e. The van der Waals surface area contributed by atoms with Crippen LogP contribution in [0.25, 0.3) is 0 Å². The first-order valence-electron chi connectivity index (χ1n) is 7.86. The van der Waals surface area contributed by atoms with Crippen molar-refractivity contribution in [3.63, 3.8) is 0 Å². The molecule has 1 atom stereocenters. The molecule has 0 aliphatic carbocycles. The molecule has 1 aromatic rings. The highest BCUT2D eigenvalue weighted by molar-refractivity contribution is 9.10. The molecule has 1 fully saturated rings. The number of aliphatic carboxylic acids is 1. The monoisotopic (exact) mass is 383 g/mol. The number of benzene rings is 1. The molecular formula is C17H22BrNO4. The van der Waals surface area contributed by atoms with Crippen LogP contribution in [0.3, 0.4) is 0 Å². The number of carboxylic acid groups (broad SMARTS) is 1.